The summed E-state index contributed by atoms with van der Waals surface area (Å²) >= 11 is 0. The molecule has 0 radical (unpaired) electrons. The molecule has 1 aromatic heterocycles. The molecule has 2 heterocycles. The van der Waals surface area contributed by atoms with Gasteiger partial charge < -0.3 is 19.8 Å². The Balaban J connectivity index is 1.48. The van der Waals surface area contributed by atoms with E-state index in [1.165, 1.54) is 13.2 Å². The lowest BCUT2D eigenvalue weighted by molar-refractivity contribution is -0.116. The molecule has 0 fully saturated rings. The zero-order valence-electron chi connectivity index (χ0n) is 18.9. The normalized spacial score (nSPS) is 14.7. The van der Waals surface area contributed by atoms with Gasteiger partial charge >= 0.3 is 0 Å². The largest absolute Gasteiger partial charge is 0.493 e. The number of carbonyl (C=O) groups is 1. The molecule has 8 heteroatoms. The van der Waals surface area contributed by atoms with Gasteiger partial charge in [-0.25, -0.2) is 9.37 Å². The Hall–Kier alpha value is -4.46. The maximum Gasteiger partial charge on any atom is 0.257 e. The number of hydrogen-bond acceptors (Lipinski definition) is 5. The summed E-state index contributed by atoms with van der Waals surface area (Å²) in [6.45, 7) is 0.0307. The van der Waals surface area contributed by atoms with Crippen LogP contribution in [0, 0.1) is 5.82 Å². The molecule has 7 nitrogen and oxygen atoms in total. The number of methoxy groups -OCH3 is 1. The molecule has 35 heavy (non-hydrogen) atoms. The summed E-state index contributed by atoms with van der Waals surface area (Å²) in [4.78, 5) is 33.0. The Kier molecular flexibility index (Phi) is 6.01. The van der Waals surface area contributed by atoms with Crippen LogP contribution in [0.2, 0.25) is 0 Å². The zero-order valence-corrected chi connectivity index (χ0v) is 18.9. The molecule has 0 spiro atoms. The van der Waals surface area contributed by atoms with Crippen molar-refractivity contribution in [3.05, 3.63) is 106 Å². The molecular weight excluding hydrogens is 449 g/mol. The first kappa shape index (κ1) is 22.3. The molecule has 2 N–H and O–H groups in total. The number of nitrogens with zero attached hydrogens (tertiary/aromatic N) is 1. The summed E-state index contributed by atoms with van der Waals surface area (Å²) in [5.74, 6) is 0.350. The van der Waals surface area contributed by atoms with Crippen molar-refractivity contribution in [2.24, 2.45) is 0 Å². The first-order valence-electron chi connectivity index (χ1n) is 11.1. The highest BCUT2D eigenvalue weighted by Gasteiger charge is 2.31. The number of aromatic nitrogens is 2. The lowest BCUT2D eigenvalue weighted by Gasteiger charge is -2.25. The van der Waals surface area contributed by atoms with E-state index in [-0.39, 0.29) is 36.1 Å². The van der Waals surface area contributed by atoms with Gasteiger partial charge in [0.15, 0.2) is 11.5 Å². The summed E-state index contributed by atoms with van der Waals surface area (Å²) in [5.41, 5.74) is 1.92. The number of aromatic amines is 1. The summed E-state index contributed by atoms with van der Waals surface area (Å²) in [7, 11) is 1.50. The number of benzene rings is 3. The number of carbonyl (C=O) groups excluding carboxylic acids is 1. The van der Waals surface area contributed by atoms with Crippen LogP contribution in [0.25, 0.3) is 11.4 Å². The molecular formula is C27H22FN3O4. The van der Waals surface area contributed by atoms with Gasteiger partial charge in [-0.05, 0) is 23.8 Å². The minimum absolute atomic E-state index is 0.0307. The molecule has 0 saturated heterocycles. The first-order chi connectivity index (χ1) is 17.0. The number of halogens is 1. The molecule has 1 aliphatic rings. The lowest BCUT2D eigenvalue weighted by atomic mass is 9.86. The predicted molar refractivity (Wildman–Crippen MR) is 129 cm³/mol. The Morgan fingerprint density at radius 1 is 1.00 bits per heavy atom. The molecule has 3 aromatic carbocycles. The van der Waals surface area contributed by atoms with Gasteiger partial charge in [-0.1, -0.05) is 54.6 Å². The highest BCUT2D eigenvalue weighted by Crippen LogP contribution is 2.38. The minimum Gasteiger partial charge on any atom is -0.493 e. The van der Waals surface area contributed by atoms with Crippen molar-refractivity contribution < 1.29 is 18.7 Å². The molecule has 4 aromatic rings. The van der Waals surface area contributed by atoms with Crippen molar-refractivity contribution in [3.63, 3.8) is 0 Å². The first-order valence-corrected chi connectivity index (χ1v) is 11.1. The smallest absolute Gasteiger partial charge is 0.257 e. The second-order valence-electron chi connectivity index (χ2n) is 8.14. The van der Waals surface area contributed by atoms with Crippen LogP contribution in [-0.4, -0.2) is 23.0 Å². The van der Waals surface area contributed by atoms with E-state index in [0.29, 0.717) is 34.0 Å². The minimum atomic E-state index is -0.519. The predicted octanol–water partition coefficient (Wildman–Crippen LogP) is 4.64. The molecule has 1 atom stereocenters. The van der Waals surface area contributed by atoms with Crippen LogP contribution >= 0.6 is 0 Å². The second kappa shape index (κ2) is 9.42. The van der Waals surface area contributed by atoms with Crippen molar-refractivity contribution in [1.82, 2.24) is 9.97 Å². The van der Waals surface area contributed by atoms with Gasteiger partial charge in [-0.2, -0.15) is 0 Å². The van der Waals surface area contributed by atoms with Crippen molar-refractivity contribution in [1.29, 1.82) is 0 Å². The number of ether oxygens (including phenoxy) is 2. The van der Waals surface area contributed by atoms with Crippen LogP contribution < -0.4 is 20.3 Å². The van der Waals surface area contributed by atoms with Gasteiger partial charge in [0.25, 0.3) is 5.56 Å². The molecule has 1 aliphatic heterocycles. The Bertz CT molecular complexity index is 1450. The summed E-state index contributed by atoms with van der Waals surface area (Å²) in [6.07, 6.45) is 0.0844. The van der Waals surface area contributed by atoms with Crippen LogP contribution in [0.4, 0.5) is 10.2 Å². The molecule has 0 bridgehead atoms. The fourth-order valence-electron chi connectivity index (χ4n) is 4.18. The van der Waals surface area contributed by atoms with Crippen LogP contribution in [0.3, 0.4) is 0 Å². The molecule has 0 saturated carbocycles. The SMILES string of the molecule is COc1cc([C@H]2CC(=O)Nc3nc(-c4ccccc4)[nH]c(=O)c32)ccc1OCc1ccccc1F. The number of hydrogen-bond donors (Lipinski definition) is 2. The number of nitrogens with one attached hydrogen (secondary N) is 2. The topological polar surface area (TPSA) is 93.3 Å². The van der Waals surface area contributed by atoms with Crippen molar-refractivity contribution in [2.75, 3.05) is 12.4 Å². The third kappa shape index (κ3) is 4.50. The van der Waals surface area contributed by atoms with Crippen LogP contribution in [0.15, 0.2) is 77.6 Å². The van der Waals surface area contributed by atoms with E-state index in [2.05, 4.69) is 15.3 Å². The van der Waals surface area contributed by atoms with E-state index in [9.17, 15) is 14.0 Å². The van der Waals surface area contributed by atoms with Crippen molar-refractivity contribution in [3.8, 4) is 22.9 Å². The molecule has 1 amide bonds. The van der Waals surface area contributed by atoms with E-state index in [1.54, 1.807) is 36.4 Å². The van der Waals surface area contributed by atoms with Crippen LogP contribution in [0.5, 0.6) is 11.5 Å². The van der Waals surface area contributed by atoms with Crippen molar-refractivity contribution in [2.45, 2.75) is 18.9 Å². The van der Waals surface area contributed by atoms with Crippen LogP contribution in [-0.2, 0) is 11.4 Å². The van der Waals surface area contributed by atoms with Gasteiger partial charge in [-0.3, -0.25) is 9.59 Å². The average Bonchev–Trinajstić information content (AvgIpc) is 2.88. The van der Waals surface area contributed by atoms with E-state index >= 15 is 0 Å². The Labute approximate surface area is 200 Å². The van der Waals surface area contributed by atoms with Crippen molar-refractivity contribution >= 4 is 11.7 Å². The number of H-pyrrole nitrogens is 1. The summed E-state index contributed by atoms with van der Waals surface area (Å²) in [6, 6.07) is 20.8. The standard InChI is InChI=1S/C27H22FN3O4/c1-34-22-13-17(11-12-21(22)35-15-18-9-5-6-10-20(18)28)19-14-23(32)29-26-24(19)27(33)31-25(30-26)16-7-3-2-4-8-16/h2-13,19H,14-15H2,1H3,(H2,29,30,31,32,33)/t19-/m1/s1. The maximum atomic E-state index is 13.9. The number of amides is 1. The zero-order chi connectivity index (χ0) is 24.4. The third-order valence-electron chi connectivity index (χ3n) is 5.93. The number of rotatable bonds is 6. The molecule has 5 rings (SSSR count). The fourth-order valence-corrected chi connectivity index (χ4v) is 4.18. The number of anilines is 1. The van der Waals surface area contributed by atoms with Gasteiger partial charge in [0.2, 0.25) is 5.91 Å². The average molecular weight is 471 g/mol. The number of fused-ring (bicyclic) bond motifs is 1. The van der Waals surface area contributed by atoms with Gasteiger partial charge in [0.1, 0.15) is 24.1 Å². The monoisotopic (exact) mass is 471 g/mol. The molecule has 176 valence electrons. The van der Waals surface area contributed by atoms with E-state index in [4.69, 9.17) is 9.47 Å². The maximum absolute atomic E-state index is 13.9. The fraction of sp³-hybridized carbons (Fsp3) is 0.148. The lowest BCUT2D eigenvalue weighted by Crippen LogP contribution is -2.31. The van der Waals surface area contributed by atoms with E-state index < -0.39 is 5.92 Å². The van der Waals surface area contributed by atoms with E-state index in [0.717, 1.165) is 5.56 Å². The molecule has 0 aliphatic carbocycles. The third-order valence-corrected chi connectivity index (χ3v) is 5.93. The Morgan fingerprint density at radius 2 is 1.77 bits per heavy atom. The summed E-state index contributed by atoms with van der Waals surface area (Å²) in [5, 5.41) is 2.73. The van der Waals surface area contributed by atoms with Crippen LogP contribution in [0.1, 0.15) is 29.0 Å². The Morgan fingerprint density at radius 3 is 2.54 bits per heavy atom. The summed E-state index contributed by atoms with van der Waals surface area (Å²) < 4.78 is 25.2. The quantitative estimate of drug-likeness (QED) is 0.428. The van der Waals surface area contributed by atoms with Gasteiger partial charge in [-0.15, -0.1) is 0 Å². The second-order valence-corrected chi connectivity index (χ2v) is 8.14. The van der Waals surface area contributed by atoms with E-state index in [1.807, 2.05) is 30.3 Å². The highest BCUT2D eigenvalue weighted by atomic mass is 19.1. The van der Waals surface area contributed by atoms with Gasteiger partial charge in [0, 0.05) is 23.5 Å². The van der Waals surface area contributed by atoms with Gasteiger partial charge in [0.05, 0.1) is 12.7 Å². The molecule has 0 unspecified atom stereocenters. The highest BCUT2D eigenvalue weighted by molar-refractivity contribution is 5.94.